The Balaban J connectivity index is 1.92. The highest BCUT2D eigenvalue weighted by atomic mass is 16.2. The number of carbonyl (C=O) groups excluding carboxylic acids is 1. The molecule has 0 saturated carbocycles. The van der Waals surface area contributed by atoms with Gasteiger partial charge in [-0.2, -0.15) is 0 Å². The number of amides is 1. The SMILES string of the molecule is CC(C)CN(CC1CCCN1)C(=O)C1CC=CC1. The van der Waals surface area contributed by atoms with Crippen LogP contribution in [-0.2, 0) is 4.79 Å². The number of carbonyl (C=O) groups is 1. The van der Waals surface area contributed by atoms with E-state index in [4.69, 9.17) is 0 Å². The topological polar surface area (TPSA) is 32.3 Å². The molecular weight excluding hydrogens is 224 g/mol. The fourth-order valence-electron chi connectivity index (χ4n) is 2.95. The van der Waals surface area contributed by atoms with Gasteiger partial charge in [0.1, 0.15) is 0 Å². The van der Waals surface area contributed by atoms with Crippen molar-refractivity contribution in [3.63, 3.8) is 0 Å². The average molecular weight is 250 g/mol. The lowest BCUT2D eigenvalue weighted by molar-refractivity contribution is -0.136. The third kappa shape index (κ3) is 3.58. The van der Waals surface area contributed by atoms with Gasteiger partial charge in [-0.3, -0.25) is 4.79 Å². The Hall–Kier alpha value is -0.830. The van der Waals surface area contributed by atoms with Crippen molar-refractivity contribution in [2.24, 2.45) is 11.8 Å². The van der Waals surface area contributed by atoms with Gasteiger partial charge in [0.05, 0.1) is 0 Å². The Bertz CT molecular complexity index is 298. The summed E-state index contributed by atoms with van der Waals surface area (Å²) in [6, 6.07) is 0.516. The first kappa shape index (κ1) is 13.6. The van der Waals surface area contributed by atoms with E-state index in [1.54, 1.807) is 0 Å². The van der Waals surface area contributed by atoms with Gasteiger partial charge in [0.2, 0.25) is 5.91 Å². The van der Waals surface area contributed by atoms with Crippen molar-refractivity contribution in [1.29, 1.82) is 0 Å². The highest BCUT2D eigenvalue weighted by Crippen LogP contribution is 2.21. The summed E-state index contributed by atoms with van der Waals surface area (Å²) in [6.45, 7) is 7.28. The van der Waals surface area contributed by atoms with E-state index >= 15 is 0 Å². The first-order chi connectivity index (χ1) is 8.66. The summed E-state index contributed by atoms with van der Waals surface area (Å²) in [5, 5.41) is 3.50. The van der Waals surface area contributed by atoms with Gasteiger partial charge in [-0.15, -0.1) is 0 Å². The van der Waals surface area contributed by atoms with Crippen LogP contribution in [0.15, 0.2) is 12.2 Å². The first-order valence-corrected chi connectivity index (χ1v) is 7.34. The third-order valence-electron chi connectivity index (χ3n) is 3.86. The minimum absolute atomic E-state index is 0.213. The van der Waals surface area contributed by atoms with Gasteiger partial charge in [0.15, 0.2) is 0 Å². The molecule has 1 aliphatic heterocycles. The van der Waals surface area contributed by atoms with Crippen molar-refractivity contribution in [2.75, 3.05) is 19.6 Å². The molecule has 1 saturated heterocycles. The van der Waals surface area contributed by atoms with Crippen LogP contribution in [0.3, 0.4) is 0 Å². The molecule has 2 rings (SSSR count). The molecule has 0 aromatic heterocycles. The predicted molar refractivity (Wildman–Crippen MR) is 74.3 cm³/mol. The minimum atomic E-state index is 0.213. The summed E-state index contributed by atoms with van der Waals surface area (Å²) in [5.41, 5.74) is 0. The second kappa shape index (κ2) is 6.37. The van der Waals surface area contributed by atoms with Crippen LogP contribution >= 0.6 is 0 Å². The van der Waals surface area contributed by atoms with Crippen molar-refractivity contribution < 1.29 is 4.79 Å². The summed E-state index contributed by atoms with van der Waals surface area (Å²) < 4.78 is 0. The Morgan fingerprint density at radius 2 is 2.11 bits per heavy atom. The summed E-state index contributed by atoms with van der Waals surface area (Å²) in [4.78, 5) is 14.6. The zero-order chi connectivity index (χ0) is 13.0. The highest BCUT2D eigenvalue weighted by molar-refractivity contribution is 5.79. The van der Waals surface area contributed by atoms with E-state index in [1.807, 2.05) is 0 Å². The largest absolute Gasteiger partial charge is 0.341 e. The lowest BCUT2D eigenvalue weighted by Gasteiger charge is -2.29. The zero-order valence-corrected chi connectivity index (χ0v) is 11.7. The zero-order valence-electron chi connectivity index (χ0n) is 11.7. The summed E-state index contributed by atoms with van der Waals surface area (Å²) >= 11 is 0. The molecule has 1 N–H and O–H groups in total. The lowest BCUT2D eigenvalue weighted by atomic mass is 10.0. The van der Waals surface area contributed by atoms with Crippen molar-refractivity contribution >= 4 is 5.91 Å². The second-order valence-electron chi connectivity index (χ2n) is 6.07. The Labute approximate surface area is 111 Å². The van der Waals surface area contributed by atoms with E-state index in [9.17, 15) is 4.79 Å². The Morgan fingerprint density at radius 1 is 1.39 bits per heavy atom. The number of hydrogen-bond acceptors (Lipinski definition) is 2. The van der Waals surface area contributed by atoms with Crippen molar-refractivity contribution in [2.45, 2.75) is 45.6 Å². The molecule has 1 aliphatic carbocycles. The van der Waals surface area contributed by atoms with E-state index in [0.29, 0.717) is 17.9 Å². The van der Waals surface area contributed by atoms with Crippen LogP contribution in [-0.4, -0.2) is 36.5 Å². The maximum Gasteiger partial charge on any atom is 0.226 e. The smallest absolute Gasteiger partial charge is 0.226 e. The van der Waals surface area contributed by atoms with Crippen molar-refractivity contribution in [3.8, 4) is 0 Å². The fourth-order valence-corrected chi connectivity index (χ4v) is 2.95. The molecule has 1 unspecified atom stereocenters. The van der Waals surface area contributed by atoms with Crippen LogP contribution < -0.4 is 5.32 Å². The minimum Gasteiger partial charge on any atom is -0.341 e. The van der Waals surface area contributed by atoms with E-state index < -0.39 is 0 Å². The van der Waals surface area contributed by atoms with E-state index in [2.05, 4.69) is 36.2 Å². The molecule has 1 heterocycles. The molecule has 3 nitrogen and oxygen atoms in total. The molecule has 3 heteroatoms. The third-order valence-corrected chi connectivity index (χ3v) is 3.86. The van der Waals surface area contributed by atoms with Gasteiger partial charge in [-0.25, -0.2) is 0 Å². The lowest BCUT2D eigenvalue weighted by Crippen LogP contribution is -2.45. The molecular formula is C15H26N2O. The van der Waals surface area contributed by atoms with Gasteiger partial charge in [0.25, 0.3) is 0 Å². The molecule has 0 bridgehead atoms. The Morgan fingerprint density at radius 3 is 2.67 bits per heavy atom. The van der Waals surface area contributed by atoms with E-state index in [-0.39, 0.29) is 5.92 Å². The normalized spacial score (nSPS) is 24.1. The molecule has 102 valence electrons. The molecule has 1 amide bonds. The van der Waals surface area contributed by atoms with Gasteiger partial charge < -0.3 is 10.2 Å². The quantitative estimate of drug-likeness (QED) is 0.759. The van der Waals surface area contributed by atoms with Gasteiger partial charge >= 0.3 is 0 Å². The van der Waals surface area contributed by atoms with Crippen LogP contribution in [0.1, 0.15) is 39.5 Å². The summed E-state index contributed by atoms with van der Waals surface area (Å²) in [6.07, 6.45) is 8.62. The van der Waals surface area contributed by atoms with E-state index in [0.717, 1.165) is 32.5 Å². The highest BCUT2D eigenvalue weighted by Gasteiger charge is 2.27. The molecule has 18 heavy (non-hydrogen) atoms. The van der Waals surface area contributed by atoms with Gasteiger partial charge in [-0.05, 0) is 38.1 Å². The standard InChI is InChI=1S/C15H26N2O/c1-12(2)10-17(11-14-8-5-9-16-14)15(18)13-6-3-4-7-13/h3-4,12-14,16H,5-11H2,1-2H3. The molecule has 1 atom stereocenters. The van der Waals surface area contributed by atoms with Crippen LogP contribution in [0, 0.1) is 11.8 Å². The summed E-state index contributed by atoms with van der Waals surface area (Å²) in [5.74, 6) is 1.12. The van der Waals surface area contributed by atoms with Crippen LogP contribution in [0.2, 0.25) is 0 Å². The maximum absolute atomic E-state index is 12.5. The monoisotopic (exact) mass is 250 g/mol. The number of allylic oxidation sites excluding steroid dienone is 2. The summed E-state index contributed by atoms with van der Waals surface area (Å²) in [7, 11) is 0. The van der Waals surface area contributed by atoms with Gasteiger partial charge in [0, 0.05) is 25.0 Å². The number of rotatable bonds is 5. The van der Waals surface area contributed by atoms with Crippen LogP contribution in [0.25, 0.3) is 0 Å². The van der Waals surface area contributed by atoms with Gasteiger partial charge in [-0.1, -0.05) is 26.0 Å². The first-order valence-electron chi connectivity index (χ1n) is 7.34. The molecule has 0 aromatic rings. The number of nitrogens with one attached hydrogen (secondary N) is 1. The average Bonchev–Trinajstić information content (AvgIpc) is 2.99. The molecule has 1 fully saturated rings. The van der Waals surface area contributed by atoms with Crippen molar-refractivity contribution in [3.05, 3.63) is 12.2 Å². The fraction of sp³-hybridized carbons (Fsp3) is 0.800. The van der Waals surface area contributed by atoms with Crippen molar-refractivity contribution in [1.82, 2.24) is 10.2 Å². The Kier molecular flexibility index (Phi) is 4.81. The molecule has 2 aliphatic rings. The predicted octanol–water partition coefficient (Wildman–Crippen LogP) is 2.19. The second-order valence-corrected chi connectivity index (χ2v) is 6.07. The van der Waals surface area contributed by atoms with Crippen LogP contribution in [0.5, 0.6) is 0 Å². The number of hydrogen-bond donors (Lipinski definition) is 1. The maximum atomic E-state index is 12.5. The van der Waals surface area contributed by atoms with Crippen LogP contribution in [0.4, 0.5) is 0 Å². The molecule has 0 aromatic carbocycles. The number of nitrogens with zero attached hydrogens (tertiary/aromatic N) is 1. The molecule has 0 radical (unpaired) electrons. The molecule has 0 spiro atoms. The van der Waals surface area contributed by atoms with E-state index in [1.165, 1.54) is 12.8 Å².